The van der Waals surface area contributed by atoms with Gasteiger partial charge in [-0.05, 0) is 51.2 Å². The number of hydrogen-bond acceptors (Lipinski definition) is 4. The molecule has 142 valence electrons. The number of likely N-dealkylation sites (N-methyl/N-ethyl adjacent to an activating group) is 1. The number of thiazole rings is 1. The fourth-order valence-electron chi connectivity index (χ4n) is 2.89. The number of aryl methyl sites for hydroxylation is 2. The zero-order chi connectivity index (χ0) is 19.6. The molecule has 0 aliphatic rings. The Bertz CT molecular complexity index is 967. The molecule has 1 heterocycles. The summed E-state index contributed by atoms with van der Waals surface area (Å²) in [5.41, 5.74) is 4.12. The molecule has 0 atom stereocenters. The molecule has 4 nitrogen and oxygen atoms in total. The molecular formula is C21H24ClN3OS. The molecule has 27 heavy (non-hydrogen) atoms. The Kier molecular flexibility index (Phi) is 6.15. The van der Waals surface area contributed by atoms with Crippen LogP contribution in [0, 0.1) is 13.8 Å². The predicted molar refractivity (Wildman–Crippen MR) is 115 cm³/mol. The molecule has 6 heteroatoms. The molecule has 1 aromatic heterocycles. The number of amides is 1. The minimum Gasteiger partial charge on any atom is -0.308 e. The van der Waals surface area contributed by atoms with E-state index in [9.17, 15) is 4.79 Å². The largest absolute Gasteiger partial charge is 0.308 e. The molecule has 2 aromatic carbocycles. The number of anilines is 1. The van der Waals surface area contributed by atoms with Crippen LogP contribution in [0.4, 0.5) is 5.13 Å². The average Bonchev–Trinajstić information content (AvgIpc) is 3.03. The molecule has 0 fully saturated rings. The number of fused-ring (bicyclic) bond motifs is 1. The molecule has 0 bridgehead atoms. The van der Waals surface area contributed by atoms with Gasteiger partial charge in [-0.1, -0.05) is 52.8 Å². The maximum atomic E-state index is 13.2. The summed E-state index contributed by atoms with van der Waals surface area (Å²) >= 11 is 7.79. The zero-order valence-corrected chi connectivity index (χ0v) is 17.7. The number of hydrogen-bond donors (Lipinski definition) is 0. The van der Waals surface area contributed by atoms with E-state index in [-0.39, 0.29) is 5.91 Å². The Labute approximate surface area is 169 Å². The summed E-state index contributed by atoms with van der Waals surface area (Å²) in [6, 6.07) is 12.0. The van der Waals surface area contributed by atoms with Crippen molar-refractivity contribution in [3.8, 4) is 0 Å². The molecule has 0 radical (unpaired) electrons. The Morgan fingerprint density at radius 3 is 2.63 bits per heavy atom. The van der Waals surface area contributed by atoms with Gasteiger partial charge < -0.3 is 4.90 Å². The van der Waals surface area contributed by atoms with Crippen LogP contribution in [0.25, 0.3) is 10.2 Å². The number of benzene rings is 2. The number of carbonyl (C=O) groups is 1. The minimum atomic E-state index is 0.0562. The highest BCUT2D eigenvalue weighted by Crippen LogP contribution is 2.33. The average molecular weight is 402 g/mol. The molecule has 0 saturated carbocycles. The summed E-state index contributed by atoms with van der Waals surface area (Å²) in [5, 5.41) is 1.32. The van der Waals surface area contributed by atoms with E-state index in [2.05, 4.69) is 28.1 Å². The Morgan fingerprint density at radius 1 is 1.15 bits per heavy atom. The third-order valence-electron chi connectivity index (χ3n) is 4.51. The maximum Gasteiger partial charge on any atom is 0.233 e. The second-order valence-electron chi connectivity index (χ2n) is 7.04. The Morgan fingerprint density at radius 2 is 1.93 bits per heavy atom. The SMILES string of the molecule is Cc1ccc(C)c(CC(=O)N(CCN(C)C)c2nc3c(Cl)cccc3s2)c1. The van der Waals surface area contributed by atoms with Crippen molar-refractivity contribution < 1.29 is 4.79 Å². The summed E-state index contributed by atoms with van der Waals surface area (Å²) < 4.78 is 0.992. The molecular weight excluding hydrogens is 378 g/mol. The van der Waals surface area contributed by atoms with Gasteiger partial charge in [-0.3, -0.25) is 9.69 Å². The molecule has 3 aromatic rings. The van der Waals surface area contributed by atoms with Gasteiger partial charge in [-0.25, -0.2) is 4.98 Å². The quantitative estimate of drug-likeness (QED) is 0.600. The van der Waals surface area contributed by atoms with Crippen LogP contribution in [0.5, 0.6) is 0 Å². The van der Waals surface area contributed by atoms with Crippen LogP contribution < -0.4 is 4.90 Å². The third kappa shape index (κ3) is 4.67. The first kappa shape index (κ1) is 19.8. The van der Waals surface area contributed by atoms with Gasteiger partial charge in [0.1, 0.15) is 5.52 Å². The van der Waals surface area contributed by atoms with Crippen molar-refractivity contribution in [3.05, 3.63) is 58.1 Å². The molecule has 0 N–H and O–H groups in total. The van der Waals surface area contributed by atoms with Crippen molar-refractivity contribution in [2.45, 2.75) is 20.3 Å². The molecule has 0 spiro atoms. The topological polar surface area (TPSA) is 36.4 Å². The van der Waals surface area contributed by atoms with Crippen molar-refractivity contribution in [1.82, 2.24) is 9.88 Å². The minimum absolute atomic E-state index is 0.0562. The fourth-order valence-corrected chi connectivity index (χ4v) is 4.20. The molecule has 0 unspecified atom stereocenters. The third-order valence-corrected chi connectivity index (χ3v) is 5.86. The van der Waals surface area contributed by atoms with Gasteiger partial charge in [0, 0.05) is 13.1 Å². The lowest BCUT2D eigenvalue weighted by molar-refractivity contribution is -0.118. The highest BCUT2D eigenvalue weighted by molar-refractivity contribution is 7.22. The molecule has 1 amide bonds. The summed E-state index contributed by atoms with van der Waals surface area (Å²) in [6.07, 6.45) is 0.366. The van der Waals surface area contributed by atoms with Crippen molar-refractivity contribution >= 4 is 44.2 Å². The highest BCUT2D eigenvalue weighted by atomic mass is 35.5. The van der Waals surface area contributed by atoms with E-state index >= 15 is 0 Å². The van der Waals surface area contributed by atoms with Gasteiger partial charge in [0.25, 0.3) is 0 Å². The second kappa shape index (κ2) is 8.38. The smallest absolute Gasteiger partial charge is 0.233 e. The van der Waals surface area contributed by atoms with E-state index in [1.807, 2.05) is 46.1 Å². The van der Waals surface area contributed by atoms with E-state index in [0.717, 1.165) is 33.5 Å². The van der Waals surface area contributed by atoms with Crippen LogP contribution in [0.2, 0.25) is 5.02 Å². The standard InChI is InChI=1S/C21H24ClN3OS/c1-14-8-9-15(2)16(12-14)13-19(26)25(11-10-24(3)4)21-23-20-17(22)6-5-7-18(20)27-21/h5-9,12H,10-11,13H2,1-4H3. The van der Waals surface area contributed by atoms with Crippen LogP contribution in [0.15, 0.2) is 36.4 Å². The van der Waals surface area contributed by atoms with Crippen molar-refractivity contribution in [2.24, 2.45) is 0 Å². The van der Waals surface area contributed by atoms with Crippen molar-refractivity contribution in [2.75, 3.05) is 32.1 Å². The molecule has 0 aliphatic carbocycles. The zero-order valence-electron chi connectivity index (χ0n) is 16.1. The van der Waals surface area contributed by atoms with Gasteiger partial charge in [-0.15, -0.1) is 0 Å². The lowest BCUT2D eigenvalue weighted by atomic mass is 10.0. The Balaban J connectivity index is 1.93. The van der Waals surface area contributed by atoms with E-state index < -0.39 is 0 Å². The molecule has 3 rings (SSSR count). The van der Waals surface area contributed by atoms with Crippen LogP contribution in [-0.4, -0.2) is 43.0 Å². The van der Waals surface area contributed by atoms with Gasteiger partial charge in [0.2, 0.25) is 5.91 Å². The maximum absolute atomic E-state index is 13.2. The van der Waals surface area contributed by atoms with Crippen LogP contribution >= 0.6 is 22.9 Å². The summed E-state index contributed by atoms with van der Waals surface area (Å²) in [7, 11) is 4.01. The number of aromatic nitrogens is 1. The van der Waals surface area contributed by atoms with Crippen LogP contribution in [0.3, 0.4) is 0 Å². The predicted octanol–water partition coefficient (Wildman–Crippen LogP) is 4.70. The van der Waals surface area contributed by atoms with Crippen molar-refractivity contribution in [1.29, 1.82) is 0 Å². The normalized spacial score (nSPS) is 11.3. The lowest BCUT2D eigenvalue weighted by Crippen LogP contribution is -2.37. The number of nitrogens with zero attached hydrogens (tertiary/aromatic N) is 3. The van der Waals surface area contributed by atoms with E-state index in [4.69, 9.17) is 11.6 Å². The van der Waals surface area contributed by atoms with Crippen LogP contribution in [-0.2, 0) is 11.2 Å². The fraction of sp³-hybridized carbons (Fsp3) is 0.333. The lowest BCUT2D eigenvalue weighted by Gasteiger charge is -2.22. The van der Waals surface area contributed by atoms with Crippen molar-refractivity contribution in [3.63, 3.8) is 0 Å². The molecule has 0 saturated heterocycles. The molecule has 0 aliphatic heterocycles. The second-order valence-corrected chi connectivity index (χ2v) is 8.45. The number of para-hydroxylation sites is 1. The number of halogens is 1. The summed E-state index contributed by atoms with van der Waals surface area (Å²) in [4.78, 5) is 21.7. The highest BCUT2D eigenvalue weighted by Gasteiger charge is 2.21. The first-order valence-corrected chi connectivity index (χ1v) is 10.1. The van der Waals surface area contributed by atoms with E-state index in [0.29, 0.717) is 23.1 Å². The van der Waals surface area contributed by atoms with Crippen LogP contribution in [0.1, 0.15) is 16.7 Å². The van der Waals surface area contributed by atoms with Gasteiger partial charge in [0.15, 0.2) is 5.13 Å². The van der Waals surface area contributed by atoms with Gasteiger partial charge in [-0.2, -0.15) is 0 Å². The monoisotopic (exact) mass is 401 g/mol. The van der Waals surface area contributed by atoms with E-state index in [1.165, 1.54) is 11.3 Å². The Hall–Kier alpha value is -1.95. The van der Waals surface area contributed by atoms with E-state index in [1.54, 1.807) is 4.90 Å². The number of carbonyl (C=O) groups excluding carboxylic acids is 1. The van der Waals surface area contributed by atoms with Gasteiger partial charge in [0.05, 0.1) is 16.1 Å². The summed E-state index contributed by atoms with van der Waals surface area (Å²) in [6.45, 7) is 5.45. The number of rotatable bonds is 6. The first-order chi connectivity index (χ1) is 12.8. The van der Waals surface area contributed by atoms with Gasteiger partial charge >= 0.3 is 0 Å². The summed E-state index contributed by atoms with van der Waals surface area (Å²) in [5.74, 6) is 0.0562. The first-order valence-electron chi connectivity index (χ1n) is 8.91.